The van der Waals surface area contributed by atoms with E-state index < -0.39 is 0 Å². The van der Waals surface area contributed by atoms with E-state index >= 15 is 0 Å². The van der Waals surface area contributed by atoms with Crippen LogP contribution in [-0.4, -0.2) is 22.5 Å². The highest BCUT2D eigenvalue weighted by Gasteiger charge is 2.10. The highest BCUT2D eigenvalue weighted by atomic mass is 15.1. The van der Waals surface area contributed by atoms with Crippen LogP contribution in [0.15, 0.2) is 18.2 Å². The van der Waals surface area contributed by atoms with Crippen LogP contribution in [0.4, 0.5) is 0 Å². The van der Waals surface area contributed by atoms with Crippen LogP contribution in [0.25, 0.3) is 0 Å². The molecule has 3 heteroatoms. The Bertz CT molecular complexity index is 336. The van der Waals surface area contributed by atoms with Crippen molar-refractivity contribution in [3.8, 4) is 0 Å². The minimum absolute atomic E-state index is 0.519. The maximum absolute atomic E-state index is 5.63. The molecule has 2 N–H and O–H groups in total. The molecule has 0 atom stereocenters. The summed E-state index contributed by atoms with van der Waals surface area (Å²) in [5.74, 6) is 0. The Morgan fingerprint density at radius 1 is 1.22 bits per heavy atom. The second-order valence-electron chi connectivity index (χ2n) is 5.10. The van der Waals surface area contributed by atoms with E-state index in [9.17, 15) is 0 Å². The summed E-state index contributed by atoms with van der Waals surface area (Å²) >= 11 is 0. The monoisotopic (exact) mass is 249 g/mol. The molecule has 0 spiro atoms. The zero-order chi connectivity index (χ0) is 13.4. The van der Waals surface area contributed by atoms with E-state index in [2.05, 4.69) is 42.8 Å². The summed E-state index contributed by atoms with van der Waals surface area (Å²) in [5.41, 5.74) is 7.74. The maximum atomic E-state index is 5.63. The molecule has 0 saturated carbocycles. The smallest absolute Gasteiger partial charge is 0.0547 e. The van der Waals surface area contributed by atoms with E-state index in [0.717, 1.165) is 24.5 Å². The summed E-state index contributed by atoms with van der Waals surface area (Å²) in [6.45, 7) is 9.34. The lowest BCUT2D eigenvalue weighted by Crippen LogP contribution is -2.31. The molecule has 0 aliphatic rings. The third kappa shape index (κ3) is 5.15. The summed E-state index contributed by atoms with van der Waals surface area (Å²) < 4.78 is 0. The number of nitrogens with zero attached hydrogens (tertiary/aromatic N) is 2. The van der Waals surface area contributed by atoms with Gasteiger partial charge in [-0.05, 0) is 38.9 Å². The number of aromatic nitrogens is 1. The van der Waals surface area contributed by atoms with Gasteiger partial charge in [-0.3, -0.25) is 9.88 Å². The fourth-order valence-corrected chi connectivity index (χ4v) is 2.02. The number of pyridine rings is 1. The number of rotatable bonds is 8. The second kappa shape index (κ2) is 8.22. The highest BCUT2D eigenvalue weighted by Crippen LogP contribution is 2.09. The van der Waals surface area contributed by atoms with Gasteiger partial charge in [-0.25, -0.2) is 0 Å². The van der Waals surface area contributed by atoms with Gasteiger partial charge in [0.15, 0.2) is 0 Å². The fourth-order valence-electron chi connectivity index (χ4n) is 2.02. The summed E-state index contributed by atoms with van der Waals surface area (Å²) in [6, 6.07) is 6.69. The molecule has 1 rings (SSSR count). The van der Waals surface area contributed by atoms with E-state index in [1.54, 1.807) is 0 Å². The van der Waals surface area contributed by atoms with E-state index in [1.807, 2.05) is 6.07 Å². The van der Waals surface area contributed by atoms with Gasteiger partial charge >= 0.3 is 0 Å². The molecule has 0 aliphatic heterocycles. The molecule has 1 aromatic heterocycles. The highest BCUT2D eigenvalue weighted by molar-refractivity contribution is 5.11. The first-order chi connectivity index (χ1) is 8.67. The molecule has 0 amide bonds. The van der Waals surface area contributed by atoms with Crippen LogP contribution in [0.5, 0.6) is 0 Å². The van der Waals surface area contributed by atoms with Gasteiger partial charge in [0.25, 0.3) is 0 Å². The molecule has 0 aliphatic carbocycles. The van der Waals surface area contributed by atoms with Crippen molar-refractivity contribution >= 4 is 0 Å². The van der Waals surface area contributed by atoms with Crippen LogP contribution in [0.1, 0.15) is 51.4 Å². The van der Waals surface area contributed by atoms with Crippen molar-refractivity contribution in [2.24, 2.45) is 5.73 Å². The molecule has 102 valence electrons. The van der Waals surface area contributed by atoms with Gasteiger partial charge in [0.05, 0.1) is 11.4 Å². The average Bonchev–Trinajstić information content (AvgIpc) is 2.38. The molecule has 0 unspecified atom stereocenters. The average molecular weight is 249 g/mol. The molecular formula is C15H27N3. The van der Waals surface area contributed by atoms with Gasteiger partial charge in [0.1, 0.15) is 0 Å². The van der Waals surface area contributed by atoms with E-state index in [1.165, 1.54) is 19.3 Å². The van der Waals surface area contributed by atoms with Crippen LogP contribution < -0.4 is 5.73 Å². The Labute approximate surface area is 111 Å². The minimum atomic E-state index is 0.519. The van der Waals surface area contributed by atoms with Crippen LogP contribution >= 0.6 is 0 Å². The summed E-state index contributed by atoms with van der Waals surface area (Å²) in [5, 5.41) is 0. The fraction of sp³-hybridized carbons (Fsp3) is 0.667. The molecule has 0 aromatic carbocycles. The normalized spacial score (nSPS) is 11.4. The number of hydrogen-bond acceptors (Lipinski definition) is 3. The number of hydrogen-bond donors (Lipinski definition) is 1. The van der Waals surface area contributed by atoms with Crippen molar-refractivity contribution in [3.63, 3.8) is 0 Å². The topological polar surface area (TPSA) is 42.1 Å². The van der Waals surface area contributed by atoms with E-state index in [0.29, 0.717) is 12.6 Å². The Hall–Kier alpha value is -0.930. The first kappa shape index (κ1) is 15.1. The molecule has 0 saturated heterocycles. The Morgan fingerprint density at radius 2 is 1.94 bits per heavy atom. The van der Waals surface area contributed by atoms with Crippen LogP contribution in [0.2, 0.25) is 0 Å². The van der Waals surface area contributed by atoms with Gasteiger partial charge in [-0.2, -0.15) is 0 Å². The Kier molecular flexibility index (Phi) is 6.91. The quantitative estimate of drug-likeness (QED) is 0.720. The Morgan fingerprint density at radius 3 is 2.56 bits per heavy atom. The number of unbranched alkanes of at least 4 members (excludes halogenated alkanes) is 2. The van der Waals surface area contributed by atoms with Crippen LogP contribution in [0.3, 0.4) is 0 Å². The third-order valence-corrected chi connectivity index (χ3v) is 3.22. The molecule has 1 aromatic rings. The maximum Gasteiger partial charge on any atom is 0.0547 e. The van der Waals surface area contributed by atoms with Gasteiger partial charge in [0.2, 0.25) is 0 Å². The van der Waals surface area contributed by atoms with Gasteiger partial charge in [-0.1, -0.05) is 25.8 Å². The van der Waals surface area contributed by atoms with Crippen molar-refractivity contribution in [3.05, 3.63) is 29.6 Å². The van der Waals surface area contributed by atoms with Crippen LogP contribution in [-0.2, 0) is 13.1 Å². The van der Waals surface area contributed by atoms with E-state index in [-0.39, 0.29) is 0 Å². The molecule has 0 bridgehead atoms. The lowest BCUT2D eigenvalue weighted by atomic mass is 10.2. The van der Waals surface area contributed by atoms with Crippen molar-refractivity contribution in [1.82, 2.24) is 9.88 Å². The summed E-state index contributed by atoms with van der Waals surface area (Å²) in [4.78, 5) is 7.06. The zero-order valence-corrected chi connectivity index (χ0v) is 12.0. The molecule has 1 heterocycles. The SMILES string of the molecule is CCCCCN(Cc1cccc(CN)n1)C(C)C. The third-order valence-electron chi connectivity index (χ3n) is 3.22. The van der Waals surface area contributed by atoms with Gasteiger partial charge in [0, 0.05) is 19.1 Å². The largest absolute Gasteiger partial charge is 0.325 e. The van der Waals surface area contributed by atoms with Crippen molar-refractivity contribution < 1.29 is 0 Å². The molecule has 0 fully saturated rings. The second-order valence-corrected chi connectivity index (χ2v) is 5.10. The first-order valence-electron chi connectivity index (χ1n) is 7.06. The van der Waals surface area contributed by atoms with Gasteiger partial charge < -0.3 is 5.73 Å². The van der Waals surface area contributed by atoms with Crippen molar-refractivity contribution in [2.45, 2.75) is 59.2 Å². The lowest BCUT2D eigenvalue weighted by molar-refractivity contribution is 0.206. The Balaban J connectivity index is 2.58. The summed E-state index contributed by atoms with van der Waals surface area (Å²) in [6.07, 6.45) is 3.84. The van der Waals surface area contributed by atoms with Crippen LogP contribution in [0, 0.1) is 0 Å². The molecule has 3 nitrogen and oxygen atoms in total. The predicted molar refractivity (Wildman–Crippen MR) is 77.2 cm³/mol. The molecule has 18 heavy (non-hydrogen) atoms. The van der Waals surface area contributed by atoms with Crippen molar-refractivity contribution in [1.29, 1.82) is 0 Å². The standard InChI is InChI=1S/C15H27N3/c1-4-5-6-10-18(13(2)3)12-15-9-7-8-14(11-16)17-15/h7-9,13H,4-6,10-12,16H2,1-3H3. The lowest BCUT2D eigenvalue weighted by Gasteiger charge is -2.26. The van der Waals surface area contributed by atoms with Crippen molar-refractivity contribution in [2.75, 3.05) is 6.54 Å². The number of nitrogens with two attached hydrogens (primary N) is 1. The zero-order valence-electron chi connectivity index (χ0n) is 12.0. The molecule has 0 radical (unpaired) electrons. The molecular weight excluding hydrogens is 222 g/mol. The minimum Gasteiger partial charge on any atom is -0.325 e. The first-order valence-corrected chi connectivity index (χ1v) is 7.06. The van der Waals surface area contributed by atoms with E-state index in [4.69, 9.17) is 5.73 Å². The summed E-state index contributed by atoms with van der Waals surface area (Å²) in [7, 11) is 0. The predicted octanol–water partition coefficient (Wildman–Crippen LogP) is 2.94. The van der Waals surface area contributed by atoms with Gasteiger partial charge in [-0.15, -0.1) is 0 Å².